The van der Waals surface area contributed by atoms with Crippen molar-refractivity contribution in [2.75, 3.05) is 49.6 Å². The van der Waals surface area contributed by atoms with Crippen molar-refractivity contribution in [2.45, 2.75) is 76.3 Å². The summed E-state index contributed by atoms with van der Waals surface area (Å²) < 4.78 is 74.5. The Morgan fingerprint density at radius 1 is 1.04 bits per heavy atom. The molecule has 4 heterocycles. The number of nitrogens with one attached hydrogen (secondary N) is 1. The van der Waals surface area contributed by atoms with Gasteiger partial charge in [0.2, 0.25) is 17.6 Å². The lowest BCUT2D eigenvalue weighted by molar-refractivity contribution is -0.133. The second-order valence-electron chi connectivity index (χ2n) is 13.8. The molecule has 3 atom stereocenters. The first-order chi connectivity index (χ1) is 24.4. The minimum Gasteiger partial charge on any atom is -0.393 e. The first-order valence-electron chi connectivity index (χ1n) is 17.6. The summed E-state index contributed by atoms with van der Waals surface area (Å²) in [5, 5.41) is 17.4. The Morgan fingerprint density at radius 3 is 2.38 bits per heavy atom. The van der Waals surface area contributed by atoms with E-state index < -0.39 is 39.2 Å². The Kier molecular flexibility index (Phi) is 9.97. The molecule has 0 radical (unpaired) electrons. The predicted molar refractivity (Wildman–Crippen MR) is 187 cm³/mol. The van der Waals surface area contributed by atoms with Gasteiger partial charge >= 0.3 is 10.2 Å². The minimum absolute atomic E-state index is 0.0198. The molecule has 2 N–H and O–H groups in total. The summed E-state index contributed by atoms with van der Waals surface area (Å²) in [5.74, 6) is 0.0328. The van der Waals surface area contributed by atoms with Crippen LogP contribution in [0.1, 0.15) is 63.9 Å². The number of anilines is 2. The number of hydrogen-bond donors (Lipinski definition) is 2. The van der Waals surface area contributed by atoms with E-state index in [9.17, 15) is 38.9 Å². The number of carbonyl (C=O) groups is 2. The highest BCUT2D eigenvalue weighted by molar-refractivity contribution is 8.45. The van der Waals surface area contributed by atoms with Crippen LogP contribution in [-0.4, -0.2) is 86.5 Å². The van der Waals surface area contributed by atoms with Crippen LogP contribution in [0.3, 0.4) is 0 Å². The average Bonchev–Trinajstić information content (AvgIpc) is 3.81. The van der Waals surface area contributed by atoms with Gasteiger partial charge in [0.25, 0.3) is 5.56 Å². The summed E-state index contributed by atoms with van der Waals surface area (Å²) in [6.45, 7) is 5.83. The molecule has 2 saturated heterocycles. The van der Waals surface area contributed by atoms with E-state index in [1.165, 1.54) is 4.57 Å². The van der Waals surface area contributed by atoms with E-state index in [0.717, 1.165) is 41.5 Å². The molecule has 2 aliphatic heterocycles. The van der Waals surface area contributed by atoms with Crippen LogP contribution in [0, 0.1) is 11.8 Å². The van der Waals surface area contributed by atoms with Crippen molar-refractivity contribution in [3.63, 3.8) is 0 Å². The lowest BCUT2D eigenvalue weighted by Gasteiger charge is -2.40. The van der Waals surface area contributed by atoms with Crippen molar-refractivity contribution in [1.29, 1.82) is 0 Å². The van der Waals surface area contributed by atoms with Gasteiger partial charge in [-0.2, -0.15) is 9.50 Å². The molecule has 1 aromatic carbocycles. The molecule has 0 saturated carbocycles. The van der Waals surface area contributed by atoms with Crippen LogP contribution in [-0.2, 0) is 27.3 Å². The van der Waals surface area contributed by atoms with Gasteiger partial charge in [-0.15, -0.1) is 5.10 Å². The summed E-state index contributed by atoms with van der Waals surface area (Å²) in [5.41, 5.74) is 0.998. The van der Waals surface area contributed by atoms with E-state index in [2.05, 4.69) is 17.3 Å². The van der Waals surface area contributed by atoms with Gasteiger partial charge in [-0.1, -0.05) is 58.6 Å². The molecule has 0 bridgehead atoms. The van der Waals surface area contributed by atoms with E-state index in [-0.39, 0.29) is 59.9 Å². The Hall–Kier alpha value is -4.03. The molecular weight excluding hydrogens is 713 g/mol. The van der Waals surface area contributed by atoms with Crippen LogP contribution in [0.2, 0.25) is 0 Å². The zero-order valence-electron chi connectivity index (χ0n) is 29.1. The quantitative estimate of drug-likeness (QED) is 0.166. The Morgan fingerprint density at radius 2 is 1.75 bits per heavy atom. The predicted octanol–water partition coefficient (Wildman–Crippen LogP) is 5.78. The number of halogens is 5. The molecule has 3 aliphatic rings. The normalized spacial score (nSPS) is 21.1. The Balaban J connectivity index is 1.29. The number of benzene rings is 1. The number of piperazine rings is 1. The lowest BCUT2D eigenvalue weighted by Crippen LogP contribution is -2.51. The van der Waals surface area contributed by atoms with Crippen LogP contribution < -0.4 is 15.8 Å². The van der Waals surface area contributed by atoms with Crippen LogP contribution >= 0.6 is 10.2 Å². The molecular formula is C34H44F5N7O5S. The number of allylic oxidation sites excluding steroid dienone is 1. The van der Waals surface area contributed by atoms with Gasteiger partial charge in [0.1, 0.15) is 17.1 Å². The standard InChI is InChI=1S/C34H44F5N7O5S/c1-3-5-6-7-26(47)18-30(49)43-12-14-44(15-13-43)31-28(4-2)45(19-29(48)40-25-8-10-27(11-9-25)52(35,36,37,38)39)34-41-32(42-46(34)33(31)50)22-16-23-20-51-21-24(23)17-22/h8-11,16,23-24,26,47H,3-7,12-15,17-21H2,1-2H3,(H,40,48). The largest absolute Gasteiger partial charge is 0.393 e. The molecule has 18 heteroatoms. The second-order valence-corrected chi connectivity index (χ2v) is 16.2. The van der Waals surface area contributed by atoms with E-state index in [1.807, 2.05) is 11.0 Å². The zero-order chi connectivity index (χ0) is 37.5. The van der Waals surface area contributed by atoms with Gasteiger partial charge in [0.15, 0.2) is 5.82 Å². The van der Waals surface area contributed by atoms with E-state index in [1.54, 1.807) is 11.8 Å². The average molecular weight is 758 g/mol. The van der Waals surface area contributed by atoms with Crippen molar-refractivity contribution in [3.8, 4) is 0 Å². The minimum atomic E-state index is -9.90. The maximum atomic E-state index is 14.2. The van der Waals surface area contributed by atoms with Crippen molar-refractivity contribution in [3.05, 3.63) is 52.2 Å². The third-order valence-electron chi connectivity index (χ3n) is 9.98. The highest BCUT2D eigenvalue weighted by atomic mass is 32.5. The number of aromatic nitrogens is 4. The summed E-state index contributed by atoms with van der Waals surface area (Å²) in [7, 11) is -9.90. The van der Waals surface area contributed by atoms with Crippen molar-refractivity contribution >= 4 is 44.8 Å². The number of fused-ring (bicyclic) bond motifs is 2. The van der Waals surface area contributed by atoms with Crippen molar-refractivity contribution < 1.29 is 38.9 Å². The monoisotopic (exact) mass is 757 g/mol. The van der Waals surface area contributed by atoms with Crippen LogP contribution in [0.25, 0.3) is 11.4 Å². The highest BCUT2D eigenvalue weighted by Crippen LogP contribution is 3.02. The fourth-order valence-corrected chi connectivity index (χ4v) is 7.88. The summed E-state index contributed by atoms with van der Waals surface area (Å²) >= 11 is 0. The molecule has 52 heavy (non-hydrogen) atoms. The van der Waals surface area contributed by atoms with Gasteiger partial charge in [-0.3, -0.25) is 14.4 Å². The number of hydrogen-bond acceptors (Lipinski definition) is 8. The van der Waals surface area contributed by atoms with Gasteiger partial charge in [-0.25, -0.2) is 0 Å². The molecule has 12 nitrogen and oxygen atoms in total. The van der Waals surface area contributed by atoms with Gasteiger partial charge in [-0.05, 0) is 55.0 Å². The number of carbonyl (C=O) groups excluding carboxylic acids is 2. The molecule has 2 amide bonds. The summed E-state index contributed by atoms with van der Waals surface area (Å²) in [6.07, 6.45) is 5.65. The van der Waals surface area contributed by atoms with Gasteiger partial charge in [0.05, 0.1) is 31.4 Å². The third-order valence-corrected chi connectivity index (χ3v) is 11.1. The molecule has 2 fully saturated rings. The molecule has 6 rings (SSSR count). The number of ether oxygens (including phenoxy) is 1. The first kappa shape index (κ1) is 37.7. The first-order valence-corrected chi connectivity index (χ1v) is 19.6. The maximum absolute atomic E-state index is 14.2. The number of nitrogens with zero attached hydrogens (tertiary/aromatic N) is 6. The van der Waals surface area contributed by atoms with Crippen molar-refractivity contribution in [1.82, 2.24) is 24.1 Å². The number of aliphatic hydroxyl groups is 1. The third kappa shape index (κ3) is 8.12. The Labute approximate surface area is 297 Å². The number of amides is 2. The van der Waals surface area contributed by atoms with E-state index in [0.29, 0.717) is 63.8 Å². The Bertz CT molecular complexity index is 1930. The topological polar surface area (TPSA) is 134 Å². The van der Waals surface area contributed by atoms with Gasteiger partial charge < -0.3 is 29.5 Å². The van der Waals surface area contributed by atoms with Crippen LogP contribution in [0.15, 0.2) is 40.0 Å². The molecule has 0 spiro atoms. The maximum Gasteiger partial charge on any atom is 0.310 e. The highest BCUT2D eigenvalue weighted by Gasteiger charge is 2.65. The molecule has 3 aromatic rings. The fraction of sp³-hybridized carbons (Fsp3) is 0.559. The fourth-order valence-electron chi connectivity index (χ4n) is 7.23. The van der Waals surface area contributed by atoms with Crippen molar-refractivity contribution in [2.24, 2.45) is 11.8 Å². The molecule has 286 valence electrons. The van der Waals surface area contributed by atoms with Crippen LogP contribution in [0.4, 0.5) is 30.8 Å². The lowest BCUT2D eigenvalue weighted by atomic mass is 10.00. The molecule has 1 aliphatic carbocycles. The number of aliphatic hydroxyl groups excluding tert-OH is 1. The smallest absolute Gasteiger partial charge is 0.310 e. The zero-order valence-corrected chi connectivity index (χ0v) is 29.9. The van der Waals surface area contributed by atoms with E-state index in [4.69, 9.17) is 9.72 Å². The summed E-state index contributed by atoms with van der Waals surface area (Å²) in [6, 6.07) is 1.96. The van der Waals surface area contributed by atoms with Crippen LogP contribution in [0.5, 0.6) is 0 Å². The molecule has 2 aromatic heterocycles. The second kappa shape index (κ2) is 13.7. The summed E-state index contributed by atoms with van der Waals surface area (Å²) in [4.78, 5) is 46.8. The number of rotatable bonds is 13. The van der Waals surface area contributed by atoms with Gasteiger partial charge in [0, 0.05) is 37.8 Å². The SMILES string of the molecule is CCCCCC(O)CC(=O)N1CCN(c2c(CC)n(CC(=O)Nc3ccc(S(F)(F)(F)(F)F)cc3)c3nc(C4=CC5COCC5C4)nn3c2=O)CC1. The molecule has 3 unspecified atom stereocenters. The van der Waals surface area contributed by atoms with E-state index >= 15 is 0 Å². The number of unbranched alkanes of at least 4 members (excludes halogenated alkanes) is 2.